The van der Waals surface area contributed by atoms with Crippen LogP contribution in [0, 0.1) is 24.5 Å². The summed E-state index contributed by atoms with van der Waals surface area (Å²) in [5, 5.41) is 2.86. The van der Waals surface area contributed by atoms with Crippen molar-refractivity contribution >= 4 is 28.7 Å². The van der Waals surface area contributed by atoms with E-state index < -0.39 is 11.6 Å². The van der Waals surface area contributed by atoms with Crippen LogP contribution < -0.4 is 5.32 Å². The lowest BCUT2D eigenvalue weighted by Gasteiger charge is -2.10. The molecule has 6 heteroatoms. The number of amides is 1. The van der Waals surface area contributed by atoms with Gasteiger partial charge in [0, 0.05) is 22.5 Å². The SMILES string of the molecule is Cc1ccc(C(=O)CC2CC2)cc1NC(=O)c1ccc(-c2ccc(F)c(F)c2)s1. The van der Waals surface area contributed by atoms with E-state index >= 15 is 0 Å². The number of hydrogen-bond donors (Lipinski definition) is 1. The van der Waals surface area contributed by atoms with Gasteiger partial charge in [0.05, 0.1) is 4.88 Å². The Morgan fingerprint density at radius 1 is 1.03 bits per heavy atom. The molecule has 1 heterocycles. The number of carbonyl (C=O) groups is 2. The Morgan fingerprint density at radius 3 is 2.55 bits per heavy atom. The second kappa shape index (κ2) is 7.87. The largest absolute Gasteiger partial charge is 0.321 e. The smallest absolute Gasteiger partial charge is 0.265 e. The number of rotatable bonds is 6. The number of thiophene rings is 1. The van der Waals surface area contributed by atoms with E-state index in [0.29, 0.717) is 38.9 Å². The Hall–Kier alpha value is -2.86. The lowest BCUT2D eigenvalue weighted by molar-refractivity contribution is 0.0974. The molecule has 0 unspecified atom stereocenters. The average molecular weight is 411 g/mol. The standard InChI is InChI=1S/C23H19F2NO2S/c1-13-2-5-15(20(27)10-14-3-4-14)12-19(13)26-23(28)22-9-8-21(29-22)16-6-7-17(24)18(25)11-16/h2,5-9,11-12,14H,3-4,10H2,1H3,(H,26,28). The molecule has 29 heavy (non-hydrogen) atoms. The summed E-state index contributed by atoms with van der Waals surface area (Å²) in [6.07, 6.45) is 2.78. The fraction of sp³-hybridized carbons (Fsp3) is 0.217. The molecule has 1 saturated carbocycles. The number of nitrogens with one attached hydrogen (secondary N) is 1. The van der Waals surface area contributed by atoms with Crippen LogP contribution in [0.25, 0.3) is 10.4 Å². The van der Waals surface area contributed by atoms with E-state index in [1.807, 2.05) is 13.0 Å². The van der Waals surface area contributed by atoms with Gasteiger partial charge in [0.2, 0.25) is 0 Å². The van der Waals surface area contributed by atoms with Crippen LogP contribution in [0.15, 0.2) is 48.5 Å². The molecule has 0 radical (unpaired) electrons. The first-order valence-corrected chi connectivity index (χ1v) is 10.2. The first kappa shape index (κ1) is 19.5. The summed E-state index contributed by atoms with van der Waals surface area (Å²) in [7, 11) is 0. The number of benzene rings is 2. The molecule has 2 aromatic carbocycles. The molecule has 0 aliphatic heterocycles. The molecule has 1 aliphatic carbocycles. The summed E-state index contributed by atoms with van der Waals surface area (Å²) in [6.45, 7) is 1.87. The normalized spacial score (nSPS) is 13.3. The molecular weight excluding hydrogens is 392 g/mol. The average Bonchev–Trinajstić information content (AvgIpc) is 3.37. The molecule has 1 N–H and O–H groups in total. The molecule has 0 bridgehead atoms. The molecule has 3 aromatic rings. The number of ketones is 1. The Morgan fingerprint density at radius 2 is 1.83 bits per heavy atom. The fourth-order valence-corrected chi connectivity index (χ4v) is 3.98. The quantitative estimate of drug-likeness (QED) is 0.488. The van der Waals surface area contributed by atoms with Crippen LogP contribution in [-0.4, -0.2) is 11.7 Å². The third-order valence-corrected chi connectivity index (χ3v) is 6.15. The summed E-state index contributed by atoms with van der Waals surface area (Å²) in [5.41, 5.74) is 2.57. The van der Waals surface area contributed by atoms with Crippen LogP contribution >= 0.6 is 11.3 Å². The summed E-state index contributed by atoms with van der Waals surface area (Å²) < 4.78 is 26.6. The molecule has 4 rings (SSSR count). The van der Waals surface area contributed by atoms with Gasteiger partial charge in [-0.3, -0.25) is 9.59 Å². The van der Waals surface area contributed by atoms with Crippen LogP contribution in [0.4, 0.5) is 14.5 Å². The highest BCUT2D eigenvalue weighted by molar-refractivity contribution is 7.17. The Kier molecular flexibility index (Phi) is 5.28. The summed E-state index contributed by atoms with van der Waals surface area (Å²) in [5.74, 6) is -1.54. The van der Waals surface area contributed by atoms with Gasteiger partial charge < -0.3 is 5.32 Å². The van der Waals surface area contributed by atoms with E-state index in [4.69, 9.17) is 0 Å². The minimum absolute atomic E-state index is 0.0970. The van der Waals surface area contributed by atoms with Gasteiger partial charge >= 0.3 is 0 Å². The first-order valence-electron chi connectivity index (χ1n) is 9.41. The predicted molar refractivity (Wildman–Crippen MR) is 110 cm³/mol. The molecule has 3 nitrogen and oxygen atoms in total. The highest BCUT2D eigenvalue weighted by Gasteiger charge is 2.25. The van der Waals surface area contributed by atoms with Crippen molar-refractivity contribution in [3.8, 4) is 10.4 Å². The number of carbonyl (C=O) groups excluding carboxylic acids is 2. The van der Waals surface area contributed by atoms with Crippen molar-refractivity contribution < 1.29 is 18.4 Å². The van der Waals surface area contributed by atoms with Gasteiger partial charge in [-0.1, -0.05) is 18.2 Å². The second-order valence-corrected chi connectivity index (χ2v) is 8.43. The molecule has 1 aromatic heterocycles. The minimum Gasteiger partial charge on any atom is -0.321 e. The number of anilines is 1. The maximum Gasteiger partial charge on any atom is 0.265 e. The van der Waals surface area contributed by atoms with E-state index in [0.717, 1.165) is 30.5 Å². The Balaban J connectivity index is 1.51. The monoisotopic (exact) mass is 411 g/mol. The van der Waals surface area contributed by atoms with Gasteiger partial charge in [-0.05, 0) is 67.1 Å². The lowest BCUT2D eigenvalue weighted by Crippen LogP contribution is -2.12. The number of hydrogen-bond acceptors (Lipinski definition) is 3. The Bertz CT molecular complexity index is 1100. The molecule has 1 aliphatic rings. The van der Waals surface area contributed by atoms with Gasteiger partial charge in [-0.2, -0.15) is 0 Å². The van der Waals surface area contributed by atoms with E-state index in [1.54, 1.807) is 24.3 Å². The van der Waals surface area contributed by atoms with Crippen LogP contribution in [0.3, 0.4) is 0 Å². The second-order valence-electron chi connectivity index (χ2n) is 7.35. The van der Waals surface area contributed by atoms with Crippen molar-refractivity contribution in [1.29, 1.82) is 0 Å². The zero-order chi connectivity index (χ0) is 20.5. The van der Waals surface area contributed by atoms with Crippen LogP contribution in [-0.2, 0) is 0 Å². The van der Waals surface area contributed by atoms with Crippen molar-refractivity contribution in [3.05, 3.63) is 76.2 Å². The number of aryl methyl sites for hydroxylation is 1. The molecular formula is C23H19F2NO2S. The highest BCUT2D eigenvalue weighted by Crippen LogP contribution is 2.34. The van der Waals surface area contributed by atoms with Gasteiger partial charge in [0.1, 0.15) is 0 Å². The number of halogens is 2. The molecule has 148 valence electrons. The van der Waals surface area contributed by atoms with Crippen molar-refractivity contribution in [2.24, 2.45) is 5.92 Å². The van der Waals surface area contributed by atoms with Crippen molar-refractivity contribution in [2.75, 3.05) is 5.32 Å². The zero-order valence-electron chi connectivity index (χ0n) is 15.8. The predicted octanol–water partition coefficient (Wildman–Crippen LogP) is 6.24. The van der Waals surface area contributed by atoms with Crippen molar-refractivity contribution in [1.82, 2.24) is 0 Å². The molecule has 0 atom stereocenters. The van der Waals surface area contributed by atoms with Crippen molar-refractivity contribution in [3.63, 3.8) is 0 Å². The van der Waals surface area contributed by atoms with Crippen LogP contribution in [0.1, 0.15) is 44.9 Å². The van der Waals surface area contributed by atoms with Gasteiger partial charge in [-0.15, -0.1) is 11.3 Å². The third-order valence-electron chi connectivity index (χ3n) is 5.01. The van der Waals surface area contributed by atoms with Gasteiger partial charge in [0.15, 0.2) is 17.4 Å². The van der Waals surface area contributed by atoms with Gasteiger partial charge in [0.25, 0.3) is 5.91 Å². The van der Waals surface area contributed by atoms with E-state index in [2.05, 4.69) is 5.32 Å². The fourth-order valence-electron chi connectivity index (χ4n) is 3.08. The third kappa shape index (κ3) is 4.43. The van der Waals surface area contributed by atoms with E-state index in [1.165, 1.54) is 17.4 Å². The molecule has 1 fully saturated rings. The van der Waals surface area contributed by atoms with Crippen LogP contribution in [0.5, 0.6) is 0 Å². The summed E-state index contributed by atoms with van der Waals surface area (Å²) in [6, 6.07) is 12.4. The topological polar surface area (TPSA) is 46.2 Å². The van der Waals surface area contributed by atoms with Gasteiger partial charge in [-0.25, -0.2) is 8.78 Å². The summed E-state index contributed by atoms with van der Waals surface area (Å²) >= 11 is 1.19. The number of Topliss-reactive ketones (excluding diaryl/α,β-unsaturated/α-hetero) is 1. The molecule has 0 saturated heterocycles. The first-order chi connectivity index (χ1) is 13.9. The Labute approximate surface area is 171 Å². The maximum atomic E-state index is 13.5. The van der Waals surface area contributed by atoms with E-state index in [-0.39, 0.29) is 11.7 Å². The maximum absolute atomic E-state index is 13.5. The zero-order valence-corrected chi connectivity index (χ0v) is 16.6. The summed E-state index contributed by atoms with van der Waals surface area (Å²) in [4.78, 5) is 26.1. The minimum atomic E-state index is -0.926. The highest BCUT2D eigenvalue weighted by atomic mass is 32.1. The lowest BCUT2D eigenvalue weighted by atomic mass is 10.0. The molecule has 0 spiro atoms. The van der Waals surface area contributed by atoms with E-state index in [9.17, 15) is 18.4 Å². The molecule has 1 amide bonds. The van der Waals surface area contributed by atoms with Crippen LogP contribution in [0.2, 0.25) is 0 Å². The van der Waals surface area contributed by atoms with Crippen molar-refractivity contribution in [2.45, 2.75) is 26.2 Å².